The van der Waals surface area contributed by atoms with Crippen LogP contribution in [0, 0.1) is 11.3 Å². The second kappa shape index (κ2) is 7.36. The number of nitrogens with zero attached hydrogens (tertiary/aromatic N) is 3. The highest BCUT2D eigenvalue weighted by molar-refractivity contribution is 7.99. The maximum absolute atomic E-state index is 8.91. The molecule has 3 nitrogen and oxygen atoms in total. The summed E-state index contributed by atoms with van der Waals surface area (Å²) in [6.07, 6.45) is 5.57. The van der Waals surface area contributed by atoms with Crippen LogP contribution in [0.1, 0.15) is 16.4 Å². The Hall–Kier alpha value is -2.22. The molecule has 0 radical (unpaired) electrons. The van der Waals surface area contributed by atoms with Gasteiger partial charge in [0.2, 0.25) is 0 Å². The minimum absolute atomic E-state index is 0.231. The molecule has 5 heteroatoms. The number of rotatable bonds is 5. The quantitative estimate of drug-likeness (QED) is 0.618. The van der Waals surface area contributed by atoms with Crippen LogP contribution < -0.4 is 0 Å². The summed E-state index contributed by atoms with van der Waals surface area (Å²) in [6, 6.07) is 17.7. The summed E-state index contributed by atoms with van der Waals surface area (Å²) >= 11 is 7.76. The molecular formula is C18H14ClN3S. The van der Waals surface area contributed by atoms with Crippen molar-refractivity contribution in [3.05, 3.63) is 83.4 Å². The molecule has 0 amide bonds. The molecule has 0 aliphatic carbocycles. The van der Waals surface area contributed by atoms with E-state index >= 15 is 0 Å². The number of imidazole rings is 1. The Morgan fingerprint density at radius 1 is 1.13 bits per heavy atom. The molecule has 1 unspecified atom stereocenters. The maximum Gasteiger partial charge on any atom is 0.0991 e. The summed E-state index contributed by atoms with van der Waals surface area (Å²) in [5.74, 6) is 0. The van der Waals surface area contributed by atoms with Crippen molar-refractivity contribution in [1.82, 2.24) is 9.55 Å². The number of nitriles is 1. The summed E-state index contributed by atoms with van der Waals surface area (Å²) in [5, 5.41) is 9.87. The fraction of sp³-hybridized carbons (Fsp3) is 0.111. The van der Waals surface area contributed by atoms with Gasteiger partial charge in [0.25, 0.3) is 0 Å². The first-order valence-corrected chi connectivity index (χ1v) is 8.38. The van der Waals surface area contributed by atoms with Crippen LogP contribution >= 0.6 is 23.4 Å². The maximum atomic E-state index is 8.91. The summed E-state index contributed by atoms with van der Waals surface area (Å²) in [5.41, 5.74) is 1.88. The average Bonchev–Trinajstić information content (AvgIpc) is 3.09. The van der Waals surface area contributed by atoms with E-state index in [9.17, 15) is 0 Å². The Morgan fingerprint density at radius 2 is 1.87 bits per heavy atom. The van der Waals surface area contributed by atoms with E-state index in [1.54, 1.807) is 18.0 Å². The fourth-order valence-electron chi connectivity index (χ4n) is 2.25. The van der Waals surface area contributed by atoms with Gasteiger partial charge in [0, 0.05) is 28.9 Å². The summed E-state index contributed by atoms with van der Waals surface area (Å²) in [4.78, 5) is 5.24. The van der Waals surface area contributed by atoms with E-state index in [4.69, 9.17) is 16.9 Å². The second-order valence-corrected chi connectivity index (χ2v) is 6.77. The zero-order valence-electron chi connectivity index (χ0n) is 12.3. The predicted octanol–water partition coefficient (Wildman–Crippen LogP) is 4.94. The average molecular weight is 340 g/mol. The highest BCUT2D eigenvalue weighted by atomic mass is 35.5. The highest BCUT2D eigenvalue weighted by Gasteiger charge is 2.14. The van der Waals surface area contributed by atoms with Crippen LogP contribution in [-0.2, 0) is 6.54 Å². The molecule has 0 aliphatic heterocycles. The first kappa shape index (κ1) is 15.7. The summed E-state index contributed by atoms with van der Waals surface area (Å²) in [7, 11) is 0. The van der Waals surface area contributed by atoms with Gasteiger partial charge in [-0.2, -0.15) is 5.26 Å². The van der Waals surface area contributed by atoms with Crippen molar-refractivity contribution in [2.75, 3.05) is 0 Å². The molecule has 1 heterocycles. The third kappa shape index (κ3) is 4.16. The van der Waals surface area contributed by atoms with E-state index < -0.39 is 0 Å². The lowest BCUT2D eigenvalue weighted by molar-refractivity contribution is 0.683. The molecule has 0 spiro atoms. The minimum atomic E-state index is 0.231. The molecule has 2 aromatic carbocycles. The number of hydrogen-bond donors (Lipinski definition) is 0. The lowest BCUT2D eigenvalue weighted by Crippen LogP contribution is -2.04. The van der Waals surface area contributed by atoms with Crippen LogP contribution in [0.25, 0.3) is 0 Å². The molecule has 1 aromatic heterocycles. The van der Waals surface area contributed by atoms with Crippen LogP contribution in [0.4, 0.5) is 0 Å². The normalized spacial score (nSPS) is 11.8. The van der Waals surface area contributed by atoms with E-state index in [0.29, 0.717) is 5.56 Å². The molecule has 0 aliphatic rings. The van der Waals surface area contributed by atoms with E-state index in [1.165, 1.54) is 5.56 Å². The van der Waals surface area contributed by atoms with Gasteiger partial charge in [0.05, 0.1) is 23.2 Å². The highest BCUT2D eigenvalue weighted by Crippen LogP contribution is 2.37. The SMILES string of the molecule is N#Cc1ccc(SC(Cn2ccnc2)c2ccc(Cl)cc2)cc1. The van der Waals surface area contributed by atoms with E-state index in [1.807, 2.05) is 48.9 Å². The Bertz CT molecular complexity index is 790. The van der Waals surface area contributed by atoms with Crippen LogP contribution in [0.3, 0.4) is 0 Å². The van der Waals surface area contributed by atoms with Gasteiger partial charge in [0.15, 0.2) is 0 Å². The number of thioether (sulfide) groups is 1. The molecule has 0 saturated carbocycles. The van der Waals surface area contributed by atoms with Crippen LogP contribution in [0.15, 0.2) is 72.1 Å². The van der Waals surface area contributed by atoms with Crippen molar-refractivity contribution in [3.63, 3.8) is 0 Å². The fourth-order valence-corrected chi connectivity index (χ4v) is 3.53. The van der Waals surface area contributed by atoms with Gasteiger partial charge in [-0.3, -0.25) is 0 Å². The van der Waals surface area contributed by atoms with Crippen LogP contribution in [0.5, 0.6) is 0 Å². The van der Waals surface area contributed by atoms with Crippen LogP contribution in [0.2, 0.25) is 5.02 Å². The monoisotopic (exact) mass is 339 g/mol. The second-order valence-electron chi connectivity index (χ2n) is 5.05. The van der Waals surface area contributed by atoms with E-state index in [2.05, 4.69) is 27.8 Å². The summed E-state index contributed by atoms with van der Waals surface area (Å²) < 4.78 is 2.07. The Morgan fingerprint density at radius 3 is 2.48 bits per heavy atom. The first-order chi connectivity index (χ1) is 11.2. The minimum Gasteiger partial charge on any atom is -0.336 e. The number of halogens is 1. The molecule has 114 valence electrons. The molecule has 23 heavy (non-hydrogen) atoms. The standard InChI is InChI=1S/C18H14ClN3S/c19-16-5-3-15(4-6-16)18(12-22-10-9-21-13-22)23-17-7-1-14(11-20)2-8-17/h1-10,13,18H,12H2. The zero-order chi connectivity index (χ0) is 16.1. The van der Waals surface area contributed by atoms with Crippen molar-refractivity contribution in [1.29, 1.82) is 5.26 Å². The third-order valence-electron chi connectivity index (χ3n) is 3.44. The molecule has 1 atom stereocenters. The van der Waals surface area contributed by atoms with Gasteiger partial charge in [-0.25, -0.2) is 4.98 Å². The zero-order valence-corrected chi connectivity index (χ0v) is 13.8. The molecule has 0 saturated heterocycles. The van der Waals surface area contributed by atoms with E-state index in [-0.39, 0.29) is 5.25 Å². The molecule has 0 N–H and O–H groups in total. The first-order valence-electron chi connectivity index (χ1n) is 7.12. The molecule has 3 rings (SSSR count). The molecular weight excluding hydrogens is 326 g/mol. The van der Waals surface area contributed by atoms with Crippen LogP contribution in [-0.4, -0.2) is 9.55 Å². The topological polar surface area (TPSA) is 41.6 Å². The third-order valence-corrected chi connectivity index (χ3v) is 4.94. The van der Waals surface area contributed by atoms with Gasteiger partial charge >= 0.3 is 0 Å². The van der Waals surface area contributed by atoms with Gasteiger partial charge in [0.1, 0.15) is 0 Å². The van der Waals surface area contributed by atoms with Crippen molar-refractivity contribution >= 4 is 23.4 Å². The number of benzene rings is 2. The van der Waals surface area contributed by atoms with Gasteiger partial charge in [-0.1, -0.05) is 23.7 Å². The Kier molecular flexibility index (Phi) is 5.02. The van der Waals surface area contributed by atoms with Crippen molar-refractivity contribution in [2.24, 2.45) is 0 Å². The Balaban J connectivity index is 1.84. The van der Waals surface area contributed by atoms with Gasteiger partial charge in [-0.15, -0.1) is 11.8 Å². The summed E-state index contributed by atoms with van der Waals surface area (Å²) in [6.45, 7) is 0.812. The lowest BCUT2D eigenvalue weighted by atomic mass is 10.1. The van der Waals surface area contributed by atoms with E-state index in [0.717, 1.165) is 16.5 Å². The predicted molar refractivity (Wildman–Crippen MR) is 93.4 cm³/mol. The Labute approximate surface area is 144 Å². The van der Waals surface area contributed by atoms with Crippen molar-refractivity contribution in [2.45, 2.75) is 16.7 Å². The number of aromatic nitrogens is 2. The van der Waals surface area contributed by atoms with Gasteiger partial charge < -0.3 is 4.57 Å². The smallest absolute Gasteiger partial charge is 0.0991 e. The van der Waals surface area contributed by atoms with Gasteiger partial charge in [-0.05, 0) is 42.0 Å². The lowest BCUT2D eigenvalue weighted by Gasteiger charge is -2.18. The van der Waals surface area contributed by atoms with Crippen molar-refractivity contribution < 1.29 is 0 Å². The number of hydrogen-bond acceptors (Lipinski definition) is 3. The molecule has 3 aromatic rings. The molecule has 0 bridgehead atoms. The molecule has 0 fully saturated rings. The largest absolute Gasteiger partial charge is 0.336 e. The van der Waals surface area contributed by atoms with Crippen molar-refractivity contribution in [3.8, 4) is 6.07 Å².